The van der Waals surface area contributed by atoms with E-state index in [1.807, 2.05) is 0 Å². The Kier molecular flexibility index (Phi) is 2.66. The topological polar surface area (TPSA) is 78.8 Å². The fourth-order valence-corrected chi connectivity index (χ4v) is 1.91. The first-order valence-electron chi connectivity index (χ1n) is 4.39. The second-order valence-corrected chi connectivity index (χ2v) is 4.49. The Bertz CT molecular complexity index is 559. The molecule has 0 aromatic carbocycles. The lowest BCUT2D eigenvalue weighted by Crippen LogP contribution is -2.05. The van der Waals surface area contributed by atoms with Gasteiger partial charge < -0.3 is 0 Å². The highest BCUT2D eigenvalue weighted by Gasteiger charge is 2.25. The van der Waals surface area contributed by atoms with Crippen LogP contribution in [0.25, 0.3) is 5.82 Å². The van der Waals surface area contributed by atoms with Crippen LogP contribution in [0.3, 0.4) is 0 Å². The van der Waals surface area contributed by atoms with Crippen molar-refractivity contribution in [3.8, 4) is 5.82 Å². The lowest BCUT2D eigenvalue weighted by molar-refractivity contribution is -0.385. The van der Waals surface area contributed by atoms with Gasteiger partial charge in [0.15, 0.2) is 0 Å². The molecule has 0 radical (unpaired) electrons. The summed E-state index contributed by atoms with van der Waals surface area (Å²) in [6.07, 6.45) is 3.34. The Morgan fingerprint density at radius 1 is 1.56 bits per heavy atom. The molecule has 0 unspecified atom stereocenters. The minimum atomic E-state index is -0.438. The highest BCUT2D eigenvalue weighted by Crippen LogP contribution is 2.25. The smallest absolute Gasteiger partial charge is 0.258 e. The molecule has 0 aliphatic rings. The average Bonchev–Trinajstić information content (AvgIpc) is 2.69. The van der Waals surface area contributed by atoms with Gasteiger partial charge >= 0.3 is 5.69 Å². The highest BCUT2D eigenvalue weighted by atomic mass is 127. The molecular weight excluding hydrogens is 325 g/mol. The summed E-state index contributed by atoms with van der Waals surface area (Å²) in [6, 6.07) is 0. The number of halogens is 1. The van der Waals surface area contributed by atoms with Gasteiger partial charge in [-0.2, -0.15) is 10.2 Å². The monoisotopic (exact) mass is 333 g/mol. The fraction of sp³-hybridized carbons (Fsp3) is 0.250. The predicted octanol–water partition coefficient (Wildman–Crippen LogP) is 1.43. The molecule has 7 nitrogen and oxygen atoms in total. The highest BCUT2D eigenvalue weighted by molar-refractivity contribution is 14.1. The van der Waals surface area contributed by atoms with E-state index in [1.165, 1.54) is 9.36 Å². The van der Waals surface area contributed by atoms with Crippen LogP contribution in [0, 0.1) is 20.6 Å². The van der Waals surface area contributed by atoms with Gasteiger partial charge in [0, 0.05) is 13.2 Å². The van der Waals surface area contributed by atoms with Crippen LogP contribution in [0.5, 0.6) is 0 Å². The molecular formula is C8H8IN5O2. The van der Waals surface area contributed by atoms with Gasteiger partial charge in [0.05, 0.1) is 14.7 Å². The molecule has 0 saturated carbocycles. The van der Waals surface area contributed by atoms with Crippen LogP contribution in [-0.2, 0) is 7.05 Å². The van der Waals surface area contributed by atoms with E-state index in [9.17, 15) is 10.1 Å². The zero-order valence-corrected chi connectivity index (χ0v) is 10.7. The van der Waals surface area contributed by atoms with Crippen LogP contribution < -0.4 is 0 Å². The van der Waals surface area contributed by atoms with Crippen molar-refractivity contribution in [2.24, 2.45) is 7.05 Å². The number of aryl methyl sites for hydroxylation is 2. The van der Waals surface area contributed by atoms with Gasteiger partial charge in [0.2, 0.25) is 5.82 Å². The molecule has 0 saturated heterocycles. The van der Waals surface area contributed by atoms with Gasteiger partial charge in [-0.05, 0) is 29.5 Å². The lowest BCUT2D eigenvalue weighted by atomic mass is 10.4. The minimum Gasteiger partial charge on any atom is -0.258 e. The van der Waals surface area contributed by atoms with Gasteiger partial charge in [-0.25, -0.2) is 9.36 Å². The molecule has 0 N–H and O–H groups in total. The van der Waals surface area contributed by atoms with Crippen molar-refractivity contribution in [3.05, 3.63) is 31.8 Å². The summed E-state index contributed by atoms with van der Waals surface area (Å²) in [5, 5.41) is 19.0. The van der Waals surface area contributed by atoms with Crippen molar-refractivity contribution in [1.29, 1.82) is 0 Å². The van der Waals surface area contributed by atoms with Crippen LogP contribution in [-0.4, -0.2) is 24.5 Å². The van der Waals surface area contributed by atoms with E-state index in [4.69, 9.17) is 0 Å². The van der Waals surface area contributed by atoms with Crippen molar-refractivity contribution in [1.82, 2.24) is 19.6 Å². The first-order chi connectivity index (χ1) is 7.50. The number of rotatable bonds is 2. The second kappa shape index (κ2) is 3.85. The molecule has 84 valence electrons. The Morgan fingerprint density at radius 2 is 2.25 bits per heavy atom. The molecule has 0 aliphatic carbocycles. The van der Waals surface area contributed by atoms with Crippen molar-refractivity contribution in [3.63, 3.8) is 0 Å². The third kappa shape index (κ3) is 1.68. The fourth-order valence-electron chi connectivity index (χ4n) is 1.52. The van der Waals surface area contributed by atoms with Crippen LogP contribution in [0.4, 0.5) is 5.69 Å². The normalized spacial score (nSPS) is 10.7. The molecule has 0 spiro atoms. The summed E-state index contributed by atoms with van der Waals surface area (Å²) < 4.78 is 3.82. The van der Waals surface area contributed by atoms with Crippen LogP contribution in [0.2, 0.25) is 0 Å². The SMILES string of the molecule is Cc1nn(C)c(-n2cc(I)cn2)c1[N+](=O)[O-]. The van der Waals surface area contributed by atoms with Crippen LogP contribution >= 0.6 is 22.6 Å². The van der Waals surface area contributed by atoms with Crippen molar-refractivity contribution >= 4 is 28.3 Å². The van der Waals surface area contributed by atoms with Gasteiger partial charge in [0.1, 0.15) is 5.69 Å². The van der Waals surface area contributed by atoms with Gasteiger partial charge in [-0.15, -0.1) is 0 Å². The number of hydrogen-bond donors (Lipinski definition) is 0. The van der Waals surface area contributed by atoms with Crippen molar-refractivity contribution in [2.45, 2.75) is 6.92 Å². The maximum Gasteiger partial charge on any atom is 0.336 e. The molecule has 0 amide bonds. The van der Waals surface area contributed by atoms with E-state index >= 15 is 0 Å². The van der Waals surface area contributed by atoms with E-state index < -0.39 is 4.92 Å². The summed E-state index contributed by atoms with van der Waals surface area (Å²) >= 11 is 2.09. The summed E-state index contributed by atoms with van der Waals surface area (Å²) in [7, 11) is 1.66. The Morgan fingerprint density at radius 3 is 2.75 bits per heavy atom. The Balaban J connectivity index is 2.68. The zero-order chi connectivity index (χ0) is 11.9. The lowest BCUT2D eigenvalue weighted by Gasteiger charge is -1.99. The Hall–Kier alpha value is -1.45. The molecule has 0 atom stereocenters. The molecule has 2 rings (SSSR count). The predicted molar refractivity (Wildman–Crippen MR) is 64.4 cm³/mol. The molecule has 0 bridgehead atoms. The Labute approximate surface area is 104 Å². The third-order valence-corrected chi connectivity index (χ3v) is 2.67. The molecule has 2 aromatic rings. The third-order valence-electron chi connectivity index (χ3n) is 2.11. The van der Waals surface area contributed by atoms with E-state index in [0.29, 0.717) is 11.5 Å². The first-order valence-corrected chi connectivity index (χ1v) is 5.47. The minimum absolute atomic E-state index is 0.0120. The summed E-state index contributed by atoms with van der Waals surface area (Å²) in [6.45, 7) is 1.61. The molecule has 2 aromatic heterocycles. The van der Waals surface area contributed by atoms with Gasteiger partial charge in [-0.1, -0.05) is 0 Å². The average molecular weight is 333 g/mol. The first kappa shape index (κ1) is 11.0. The van der Waals surface area contributed by atoms with Gasteiger partial charge in [0.25, 0.3) is 0 Å². The number of hydrogen-bond acceptors (Lipinski definition) is 4. The summed E-state index contributed by atoms with van der Waals surface area (Å²) in [5.41, 5.74) is 0.370. The van der Waals surface area contributed by atoms with Crippen molar-refractivity contribution < 1.29 is 4.92 Å². The van der Waals surface area contributed by atoms with E-state index in [1.54, 1.807) is 26.4 Å². The number of nitrogens with zero attached hydrogens (tertiary/aromatic N) is 5. The number of nitro groups is 1. The standard InChI is InChI=1S/C8H8IN5O2/c1-5-7(14(15)16)8(12(2)11-5)13-4-6(9)3-10-13/h3-4H,1-2H3. The largest absolute Gasteiger partial charge is 0.336 e. The summed E-state index contributed by atoms with van der Waals surface area (Å²) in [4.78, 5) is 10.5. The molecule has 0 fully saturated rings. The molecule has 0 aliphatic heterocycles. The molecule has 16 heavy (non-hydrogen) atoms. The van der Waals surface area contributed by atoms with Gasteiger partial charge in [-0.3, -0.25) is 10.1 Å². The van der Waals surface area contributed by atoms with E-state index in [2.05, 4.69) is 32.8 Å². The van der Waals surface area contributed by atoms with Crippen LogP contribution in [0.1, 0.15) is 5.69 Å². The quantitative estimate of drug-likeness (QED) is 0.473. The summed E-state index contributed by atoms with van der Waals surface area (Å²) in [5.74, 6) is 0.366. The molecule has 8 heteroatoms. The zero-order valence-electron chi connectivity index (χ0n) is 8.59. The van der Waals surface area contributed by atoms with Crippen LogP contribution in [0.15, 0.2) is 12.4 Å². The molecule has 2 heterocycles. The second-order valence-electron chi connectivity index (χ2n) is 3.24. The van der Waals surface area contributed by atoms with E-state index in [-0.39, 0.29) is 5.69 Å². The number of aromatic nitrogens is 4. The van der Waals surface area contributed by atoms with E-state index in [0.717, 1.165) is 3.57 Å². The maximum atomic E-state index is 10.9. The maximum absolute atomic E-state index is 10.9. The van der Waals surface area contributed by atoms with Crippen molar-refractivity contribution in [2.75, 3.05) is 0 Å².